The molecule has 2 amide bonds. The molecule has 18 heavy (non-hydrogen) atoms. The fourth-order valence-electron chi connectivity index (χ4n) is 2.09. The van der Waals surface area contributed by atoms with E-state index in [4.69, 9.17) is 5.73 Å². The number of nitrogens with two attached hydrogens (primary N) is 1. The Bertz CT molecular complexity index is 295. The van der Waals surface area contributed by atoms with E-state index in [-0.39, 0.29) is 12.5 Å². The van der Waals surface area contributed by atoms with Crippen LogP contribution in [-0.4, -0.2) is 29.9 Å². The molecule has 104 valence electrons. The lowest BCUT2D eigenvalue weighted by Crippen LogP contribution is -2.54. The molecular weight excluding hydrogens is 230 g/mol. The van der Waals surface area contributed by atoms with E-state index in [0.29, 0.717) is 6.04 Å². The number of carbonyl (C=O) groups excluding carboxylic acids is 2. The maximum atomic E-state index is 11.8. The van der Waals surface area contributed by atoms with Crippen molar-refractivity contribution < 1.29 is 9.59 Å². The summed E-state index contributed by atoms with van der Waals surface area (Å²) in [7, 11) is 0. The normalized spacial score (nSPS) is 18.1. The summed E-state index contributed by atoms with van der Waals surface area (Å²) >= 11 is 0. The maximum Gasteiger partial charge on any atom is 0.237 e. The summed E-state index contributed by atoms with van der Waals surface area (Å²) in [5.41, 5.74) is 4.38. The van der Waals surface area contributed by atoms with Gasteiger partial charge >= 0.3 is 0 Å². The summed E-state index contributed by atoms with van der Waals surface area (Å²) in [5.74, 6) is -0.513. The number of carbonyl (C=O) groups is 2. The third-order valence-corrected chi connectivity index (χ3v) is 3.53. The van der Waals surface area contributed by atoms with Crippen LogP contribution < -0.4 is 16.4 Å². The van der Waals surface area contributed by atoms with Gasteiger partial charge in [0.25, 0.3) is 0 Å². The molecule has 0 spiro atoms. The van der Waals surface area contributed by atoms with E-state index < -0.39 is 11.4 Å². The first-order valence-electron chi connectivity index (χ1n) is 6.76. The first-order chi connectivity index (χ1) is 8.42. The molecular formula is C13H25N3O2. The molecule has 1 saturated carbocycles. The van der Waals surface area contributed by atoms with Crippen molar-refractivity contribution in [2.75, 3.05) is 6.54 Å². The van der Waals surface area contributed by atoms with E-state index in [1.165, 1.54) is 25.7 Å². The Morgan fingerprint density at radius 3 is 2.22 bits per heavy atom. The number of amides is 2. The van der Waals surface area contributed by atoms with Crippen LogP contribution in [0.2, 0.25) is 0 Å². The topological polar surface area (TPSA) is 84.2 Å². The Labute approximate surface area is 109 Å². The molecule has 1 aliphatic carbocycles. The van der Waals surface area contributed by atoms with Crippen LogP contribution in [0.1, 0.15) is 52.4 Å². The lowest BCUT2D eigenvalue weighted by Gasteiger charge is -2.23. The lowest BCUT2D eigenvalue weighted by molar-refractivity contribution is -0.124. The van der Waals surface area contributed by atoms with E-state index in [2.05, 4.69) is 10.6 Å². The quantitative estimate of drug-likeness (QED) is 0.632. The van der Waals surface area contributed by atoms with Gasteiger partial charge in [0.2, 0.25) is 11.8 Å². The van der Waals surface area contributed by atoms with E-state index in [1.54, 1.807) is 13.8 Å². The number of rotatable bonds is 5. The van der Waals surface area contributed by atoms with Gasteiger partial charge < -0.3 is 11.1 Å². The molecule has 0 unspecified atom stereocenters. The number of nitrogens with one attached hydrogen (secondary N) is 2. The highest BCUT2D eigenvalue weighted by Crippen LogP contribution is 2.16. The molecule has 0 saturated heterocycles. The van der Waals surface area contributed by atoms with Crippen LogP contribution in [0.4, 0.5) is 0 Å². The molecule has 4 N–H and O–H groups in total. The summed E-state index contributed by atoms with van der Waals surface area (Å²) in [6, 6.07) is 0.290. The van der Waals surface area contributed by atoms with Crippen molar-refractivity contribution in [2.45, 2.75) is 64.0 Å². The van der Waals surface area contributed by atoms with E-state index >= 15 is 0 Å². The van der Waals surface area contributed by atoms with Crippen LogP contribution in [0.5, 0.6) is 0 Å². The largest absolute Gasteiger partial charge is 0.368 e. The minimum Gasteiger partial charge on any atom is -0.368 e. The summed E-state index contributed by atoms with van der Waals surface area (Å²) < 4.78 is 0. The molecule has 0 radical (unpaired) electrons. The Morgan fingerprint density at radius 1 is 1.17 bits per heavy atom. The van der Waals surface area contributed by atoms with Gasteiger partial charge in [-0.1, -0.05) is 25.7 Å². The number of hydrogen-bond acceptors (Lipinski definition) is 3. The predicted octanol–water partition coefficient (Wildman–Crippen LogP) is 0.679. The van der Waals surface area contributed by atoms with E-state index in [1.807, 2.05) is 0 Å². The Kier molecular flexibility index (Phi) is 5.59. The Hall–Kier alpha value is -1.10. The Morgan fingerprint density at radius 2 is 1.72 bits per heavy atom. The molecule has 5 nitrogen and oxygen atoms in total. The van der Waals surface area contributed by atoms with E-state index in [9.17, 15) is 9.59 Å². The highest BCUT2D eigenvalue weighted by molar-refractivity contribution is 5.85. The van der Waals surface area contributed by atoms with Crippen LogP contribution in [0.25, 0.3) is 0 Å². The molecule has 1 aliphatic rings. The highest BCUT2D eigenvalue weighted by atomic mass is 16.2. The first-order valence-corrected chi connectivity index (χ1v) is 6.76. The third-order valence-electron chi connectivity index (χ3n) is 3.53. The minimum atomic E-state index is -0.846. The Balaban J connectivity index is 2.30. The van der Waals surface area contributed by atoms with Crippen molar-refractivity contribution in [1.82, 2.24) is 10.6 Å². The summed E-state index contributed by atoms with van der Waals surface area (Å²) in [6.45, 7) is 3.48. The van der Waals surface area contributed by atoms with Gasteiger partial charge in [-0.05, 0) is 26.7 Å². The molecule has 5 heteroatoms. The van der Waals surface area contributed by atoms with Gasteiger partial charge in [0.05, 0.1) is 12.1 Å². The second-order valence-electron chi connectivity index (χ2n) is 5.60. The van der Waals surface area contributed by atoms with Crippen molar-refractivity contribution in [3.63, 3.8) is 0 Å². The third kappa shape index (κ3) is 5.04. The average molecular weight is 255 g/mol. The van der Waals surface area contributed by atoms with Crippen molar-refractivity contribution in [2.24, 2.45) is 5.73 Å². The van der Waals surface area contributed by atoms with Crippen molar-refractivity contribution in [3.05, 3.63) is 0 Å². The van der Waals surface area contributed by atoms with Gasteiger partial charge in [-0.25, -0.2) is 0 Å². The summed E-state index contributed by atoms with van der Waals surface area (Å²) in [6.07, 6.45) is 7.02. The molecule has 0 aromatic rings. The molecule has 0 heterocycles. The van der Waals surface area contributed by atoms with Gasteiger partial charge in [-0.3, -0.25) is 14.9 Å². The molecule has 0 aliphatic heterocycles. The lowest BCUT2D eigenvalue weighted by atomic mass is 10.1. The van der Waals surface area contributed by atoms with Crippen LogP contribution in [0, 0.1) is 0 Å². The van der Waals surface area contributed by atoms with Crippen LogP contribution in [-0.2, 0) is 9.59 Å². The second-order valence-corrected chi connectivity index (χ2v) is 5.60. The predicted molar refractivity (Wildman–Crippen MR) is 70.9 cm³/mol. The maximum absolute atomic E-state index is 11.8. The fraction of sp³-hybridized carbons (Fsp3) is 0.846. The molecule has 0 aromatic heterocycles. The van der Waals surface area contributed by atoms with Crippen molar-refractivity contribution in [3.8, 4) is 0 Å². The van der Waals surface area contributed by atoms with Gasteiger partial charge in [0, 0.05) is 6.04 Å². The zero-order valence-electron chi connectivity index (χ0n) is 11.4. The smallest absolute Gasteiger partial charge is 0.237 e. The molecule has 0 aromatic carbocycles. The van der Waals surface area contributed by atoms with Gasteiger partial charge in [-0.15, -0.1) is 0 Å². The molecule has 1 fully saturated rings. The van der Waals surface area contributed by atoms with Gasteiger partial charge in [0.15, 0.2) is 0 Å². The number of primary amides is 1. The first kappa shape index (κ1) is 15.0. The van der Waals surface area contributed by atoms with Gasteiger partial charge in [-0.2, -0.15) is 0 Å². The standard InChI is InChI=1S/C13H25N3O2/c1-13(2,12(14)18)15-9-11(17)16-10-7-5-3-4-6-8-10/h10,15H,3-9H2,1-2H3,(H2,14,18)(H,16,17). The van der Waals surface area contributed by atoms with Crippen molar-refractivity contribution in [1.29, 1.82) is 0 Å². The van der Waals surface area contributed by atoms with Crippen LogP contribution >= 0.6 is 0 Å². The summed E-state index contributed by atoms with van der Waals surface area (Å²) in [5, 5.41) is 5.89. The zero-order valence-corrected chi connectivity index (χ0v) is 11.4. The molecule has 0 atom stereocenters. The van der Waals surface area contributed by atoms with E-state index in [0.717, 1.165) is 12.8 Å². The SMILES string of the molecule is CC(C)(NCC(=O)NC1CCCCCC1)C(N)=O. The highest BCUT2D eigenvalue weighted by Gasteiger charge is 2.25. The second kappa shape index (κ2) is 6.73. The summed E-state index contributed by atoms with van der Waals surface area (Å²) in [4.78, 5) is 22.9. The number of hydrogen-bond donors (Lipinski definition) is 3. The van der Waals surface area contributed by atoms with Crippen LogP contribution in [0.3, 0.4) is 0 Å². The van der Waals surface area contributed by atoms with Crippen molar-refractivity contribution >= 4 is 11.8 Å². The average Bonchev–Trinajstić information content (AvgIpc) is 2.55. The molecule has 1 rings (SSSR count). The fourth-order valence-corrected chi connectivity index (χ4v) is 2.09. The van der Waals surface area contributed by atoms with Crippen LogP contribution in [0.15, 0.2) is 0 Å². The molecule has 0 bridgehead atoms. The monoisotopic (exact) mass is 255 g/mol. The minimum absolute atomic E-state index is 0.0591. The zero-order chi connectivity index (χ0) is 13.6. The van der Waals surface area contributed by atoms with Gasteiger partial charge in [0.1, 0.15) is 0 Å².